The third-order valence-electron chi connectivity index (χ3n) is 13.2. The second kappa shape index (κ2) is 52.3. The van der Waals surface area contributed by atoms with Crippen LogP contribution in [0.4, 0.5) is 0 Å². The van der Waals surface area contributed by atoms with Crippen molar-refractivity contribution in [1.29, 1.82) is 0 Å². The first-order chi connectivity index (χ1) is 37.6. The van der Waals surface area contributed by atoms with Crippen LogP contribution in [0.1, 0.15) is 239 Å². The molecular formula is C65H106O12. The number of rotatable bonds is 50. The van der Waals surface area contributed by atoms with Crippen molar-refractivity contribution in [3.05, 3.63) is 97.2 Å². The minimum atomic E-state index is -1.93. The third-order valence-corrected chi connectivity index (χ3v) is 13.2. The Morgan fingerprint density at radius 1 is 0.442 bits per heavy atom. The maximum Gasteiger partial charge on any atom is 0.335 e. The van der Waals surface area contributed by atoms with E-state index in [1.54, 1.807) is 0 Å². The number of hydrogen-bond donors (Lipinski definition) is 3. The minimum absolute atomic E-state index is 0.0676. The van der Waals surface area contributed by atoms with Gasteiger partial charge in [0.25, 0.3) is 0 Å². The zero-order valence-electron chi connectivity index (χ0n) is 48.2. The molecule has 1 fully saturated rings. The van der Waals surface area contributed by atoms with Gasteiger partial charge in [-0.15, -0.1) is 0 Å². The highest BCUT2D eigenvalue weighted by Crippen LogP contribution is 2.26. The number of allylic oxidation sites excluding steroid dienone is 16. The molecule has 6 atom stereocenters. The summed E-state index contributed by atoms with van der Waals surface area (Å²) in [6.45, 7) is 5.79. The smallest absolute Gasteiger partial charge is 0.335 e. The van der Waals surface area contributed by atoms with E-state index in [1.807, 2.05) is 18.2 Å². The van der Waals surface area contributed by atoms with E-state index >= 15 is 0 Å². The molecule has 0 bridgehead atoms. The number of carboxylic acids is 1. The van der Waals surface area contributed by atoms with Crippen LogP contribution >= 0.6 is 0 Å². The molecule has 1 rings (SSSR count). The molecule has 1 aliphatic heterocycles. The SMILES string of the molecule is CC/C=C\C/C=C\C/C=C\C/C=C\C/C=C\C/C=C\CCC(=O)OC1C(OCC(COC(=O)CCCCCCCCCCC/C=C\C/C=C\CCCCC)OC(=O)CCCCCCCCCCC)OC(C(=O)O)C(O)C1O. The lowest BCUT2D eigenvalue weighted by Gasteiger charge is -2.40. The summed E-state index contributed by atoms with van der Waals surface area (Å²) in [7, 11) is 0. The Kier molecular flexibility index (Phi) is 48.0. The van der Waals surface area contributed by atoms with E-state index in [4.69, 9.17) is 23.7 Å². The van der Waals surface area contributed by atoms with Gasteiger partial charge in [0.2, 0.25) is 0 Å². The highest BCUT2D eigenvalue weighted by atomic mass is 16.7. The fourth-order valence-electron chi connectivity index (χ4n) is 8.54. The molecule has 0 aromatic rings. The number of ether oxygens (including phenoxy) is 5. The van der Waals surface area contributed by atoms with Gasteiger partial charge in [0.1, 0.15) is 18.8 Å². The summed E-state index contributed by atoms with van der Waals surface area (Å²) in [6, 6.07) is 0. The number of aliphatic carboxylic acids is 1. The van der Waals surface area contributed by atoms with Crippen molar-refractivity contribution in [2.24, 2.45) is 0 Å². The van der Waals surface area contributed by atoms with Gasteiger partial charge in [-0.25, -0.2) is 4.79 Å². The van der Waals surface area contributed by atoms with Crippen LogP contribution in [0.5, 0.6) is 0 Å². The van der Waals surface area contributed by atoms with Gasteiger partial charge in [0.05, 0.1) is 6.61 Å². The lowest BCUT2D eigenvalue weighted by Crippen LogP contribution is -2.61. The van der Waals surface area contributed by atoms with Crippen molar-refractivity contribution in [2.45, 2.75) is 276 Å². The maximum absolute atomic E-state index is 13.1. The third kappa shape index (κ3) is 42.3. The number of unbranched alkanes of at least 4 members (excludes halogenated alkanes) is 20. The van der Waals surface area contributed by atoms with Crippen LogP contribution in [-0.2, 0) is 42.9 Å². The first-order valence-electron chi connectivity index (χ1n) is 30.2. The average molecular weight is 1080 g/mol. The Labute approximate surface area is 466 Å². The number of carboxylic acid groups (broad SMARTS) is 1. The molecule has 0 aliphatic carbocycles. The topological polar surface area (TPSA) is 175 Å². The van der Waals surface area contributed by atoms with Crippen molar-refractivity contribution >= 4 is 23.9 Å². The van der Waals surface area contributed by atoms with Crippen molar-refractivity contribution in [1.82, 2.24) is 0 Å². The summed E-state index contributed by atoms with van der Waals surface area (Å²) in [5.74, 6) is -3.24. The van der Waals surface area contributed by atoms with E-state index in [-0.39, 0.29) is 25.9 Å². The van der Waals surface area contributed by atoms with Crippen LogP contribution in [-0.4, -0.2) is 89.2 Å². The number of hydrogen-bond acceptors (Lipinski definition) is 11. The van der Waals surface area contributed by atoms with Crippen LogP contribution in [0, 0.1) is 0 Å². The number of carbonyl (C=O) groups is 4. The van der Waals surface area contributed by atoms with E-state index in [2.05, 4.69) is 99.8 Å². The normalized spacial score (nSPS) is 18.7. The molecule has 6 unspecified atom stereocenters. The quantitative estimate of drug-likeness (QED) is 0.0228. The Balaban J connectivity index is 2.67. The van der Waals surface area contributed by atoms with Crippen LogP contribution in [0.15, 0.2) is 97.2 Å². The van der Waals surface area contributed by atoms with Gasteiger partial charge >= 0.3 is 23.9 Å². The second-order valence-corrected chi connectivity index (χ2v) is 20.3. The molecule has 12 heteroatoms. The van der Waals surface area contributed by atoms with Gasteiger partial charge in [0.15, 0.2) is 24.6 Å². The lowest BCUT2D eigenvalue weighted by atomic mass is 9.98. The lowest BCUT2D eigenvalue weighted by molar-refractivity contribution is -0.301. The van der Waals surface area contributed by atoms with Crippen molar-refractivity contribution in [2.75, 3.05) is 13.2 Å². The van der Waals surface area contributed by atoms with E-state index in [9.17, 15) is 34.5 Å². The molecule has 438 valence electrons. The Hall–Kier alpha value is -4.36. The summed E-state index contributed by atoms with van der Waals surface area (Å²) in [6.07, 6.45) is 56.8. The van der Waals surface area contributed by atoms with Crippen LogP contribution in [0.3, 0.4) is 0 Å². The first-order valence-corrected chi connectivity index (χ1v) is 30.2. The van der Waals surface area contributed by atoms with Crippen LogP contribution in [0.2, 0.25) is 0 Å². The molecule has 3 N–H and O–H groups in total. The first kappa shape index (κ1) is 70.7. The summed E-state index contributed by atoms with van der Waals surface area (Å²) in [4.78, 5) is 51.0. The van der Waals surface area contributed by atoms with Gasteiger partial charge < -0.3 is 39.0 Å². The summed E-state index contributed by atoms with van der Waals surface area (Å²) in [5.41, 5.74) is 0. The molecular weight excluding hydrogens is 973 g/mol. The molecule has 1 saturated heterocycles. The molecule has 77 heavy (non-hydrogen) atoms. The number of esters is 3. The standard InChI is InChI=1S/C65H106O12/c1-4-7-10-13-16-19-21-23-25-27-29-31-33-35-37-40-42-45-48-51-57(66)73-54-56(75-58(67)52-49-46-43-39-18-15-12-9-6-3)55-74-65-63(61(70)60(69)62(77-65)64(71)72)76-59(68)53-50-47-44-41-38-36-34-32-30-28-26-24-22-20-17-14-11-8-5-2/h8,11,16-17,19-20,23-26,30,32,36,38,44,47,56,60-63,65,69-70H,4-7,9-10,12-15,18,21-22,27-29,31,33-35,37,39-43,45-46,48-55H2,1-3H3,(H,71,72)/b11-8-,19-16-,20-17-,25-23-,26-24-,32-30-,38-36-,47-44-. The second-order valence-electron chi connectivity index (χ2n) is 20.3. The number of aliphatic hydroxyl groups is 2. The fraction of sp³-hybridized carbons (Fsp3) is 0.692. The van der Waals surface area contributed by atoms with Gasteiger partial charge in [-0.3, -0.25) is 14.4 Å². The summed E-state index contributed by atoms with van der Waals surface area (Å²) >= 11 is 0. The van der Waals surface area contributed by atoms with Crippen molar-refractivity contribution < 1.29 is 58.2 Å². The molecule has 0 saturated carbocycles. The molecule has 1 aliphatic rings. The predicted molar refractivity (Wildman–Crippen MR) is 312 cm³/mol. The fourth-order valence-corrected chi connectivity index (χ4v) is 8.54. The monoisotopic (exact) mass is 1080 g/mol. The predicted octanol–water partition coefficient (Wildman–Crippen LogP) is 15.7. The summed E-state index contributed by atoms with van der Waals surface area (Å²) in [5, 5.41) is 31.4. The van der Waals surface area contributed by atoms with E-state index < -0.39 is 67.3 Å². The van der Waals surface area contributed by atoms with Crippen LogP contribution in [0.25, 0.3) is 0 Å². The van der Waals surface area contributed by atoms with E-state index in [0.717, 1.165) is 83.5 Å². The molecule has 0 radical (unpaired) electrons. The molecule has 0 spiro atoms. The molecule has 0 aromatic carbocycles. The Bertz CT molecular complexity index is 1710. The van der Waals surface area contributed by atoms with E-state index in [0.29, 0.717) is 25.7 Å². The van der Waals surface area contributed by atoms with Crippen molar-refractivity contribution in [3.8, 4) is 0 Å². The Morgan fingerprint density at radius 2 is 0.844 bits per heavy atom. The van der Waals surface area contributed by atoms with Gasteiger partial charge in [-0.1, -0.05) is 227 Å². The van der Waals surface area contributed by atoms with Crippen LogP contribution < -0.4 is 0 Å². The number of carbonyl (C=O) groups excluding carboxylic acids is 3. The zero-order chi connectivity index (χ0) is 56.1. The van der Waals surface area contributed by atoms with Gasteiger partial charge in [0, 0.05) is 19.3 Å². The zero-order valence-corrected chi connectivity index (χ0v) is 48.2. The molecule has 12 nitrogen and oxygen atoms in total. The number of aliphatic hydroxyl groups excluding tert-OH is 2. The average Bonchev–Trinajstić information content (AvgIpc) is 3.42. The van der Waals surface area contributed by atoms with Crippen molar-refractivity contribution in [3.63, 3.8) is 0 Å². The largest absolute Gasteiger partial charge is 0.479 e. The molecule has 0 aromatic heterocycles. The van der Waals surface area contributed by atoms with Gasteiger partial charge in [-0.05, 0) is 89.9 Å². The highest BCUT2D eigenvalue weighted by Gasteiger charge is 2.50. The van der Waals surface area contributed by atoms with E-state index in [1.165, 1.54) is 89.9 Å². The highest BCUT2D eigenvalue weighted by molar-refractivity contribution is 5.74. The summed E-state index contributed by atoms with van der Waals surface area (Å²) < 4.78 is 28.3. The minimum Gasteiger partial charge on any atom is -0.479 e. The molecule has 1 heterocycles. The Morgan fingerprint density at radius 3 is 1.32 bits per heavy atom. The molecule has 0 amide bonds. The van der Waals surface area contributed by atoms with Gasteiger partial charge in [-0.2, -0.15) is 0 Å². The maximum atomic E-state index is 13.1.